The van der Waals surface area contributed by atoms with Gasteiger partial charge in [0.15, 0.2) is 0 Å². The van der Waals surface area contributed by atoms with Gasteiger partial charge in [0.25, 0.3) is 0 Å². The highest BCUT2D eigenvalue weighted by Gasteiger charge is 2.28. The molecule has 0 atom stereocenters. The van der Waals surface area contributed by atoms with Crippen molar-refractivity contribution in [3.8, 4) is 5.75 Å². The topological polar surface area (TPSA) is 60.4 Å². The van der Waals surface area contributed by atoms with Gasteiger partial charge < -0.3 is 4.74 Å². The van der Waals surface area contributed by atoms with E-state index in [2.05, 4.69) is 15.9 Å². The summed E-state index contributed by atoms with van der Waals surface area (Å²) in [6, 6.07) is 19.9. The van der Waals surface area contributed by atoms with Crippen LogP contribution in [-0.4, -0.2) is 21.3 Å². The number of hydrogen-bond acceptors (Lipinski definition) is 4. The van der Waals surface area contributed by atoms with Crippen LogP contribution in [-0.2, 0) is 9.84 Å². The van der Waals surface area contributed by atoms with Crippen molar-refractivity contribution in [3.05, 3.63) is 98.9 Å². The summed E-state index contributed by atoms with van der Waals surface area (Å²) in [6.45, 7) is 1.87. The van der Waals surface area contributed by atoms with Gasteiger partial charge in [-0.25, -0.2) is 8.42 Å². The summed E-state index contributed by atoms with van der Waals surface area (Å²) in [6.07, 6.45) is 1.40. The van der Waals surface area contributed by atoms with E-state index < -0.39 is 15.6 Å². The van der Waals surface area contributed by atoms with E-state index in [0.29, 0.717) is 16.9 Å². The second kappa shape index (κ2) is 8.76. The maximum atomic E-state index is 13.3. The molecule has 0 aliphatic heterocycles. The van der Waals surface area contributed by atoms with Crippen LogP contribution >= 0.6 is 15.9 Å². The molecule has 0 spiro atoms. The smallest absolute Gasteiger partial charge is 0.210 e. The standard InChI is InChI=1S/C23H19BrO4S/c1-16-3-13-21(14-4-16)29(26,27)22(15-17-5-11-20(28-2)12-6-17)23(25)18-7-9-19(24)10-8-18/h3-15H,1-2H3/b22-15+. The molecule has 0 unspecified atom stereocenters. The Labute approximate surface area is 178 Å². The molecule has 3 rings (SSSR count). The monoisotopic (exact) mass is 470 g/mol. The number of aryl methyl sites for hydroxylation is 1. The number of hydrogen-bond donors (Lipinski definition) is 0. The summed E-state index contributed by atoms with van der Waals surface area (Å²) in [5.74, 6) is 0.0817. The molecule has 0 heterocycles. The number of halogens is 1. The van der Waals surface area contributed by atoms with Gasteiger partial charge in [0.1, 0.15) is 10.7 Å². The largest absolute Gasteiger partial charge is 0.497 e. The van der Waals surface area contributed by atoms with Gasteiger partial charge in [-0.1, -0.05) is 45.8 Å². The number of carbonyl (C=O) groups excluding carboxylic acids is 1. The molecule has 148 valence electrons. The number of rotatable bonds is 6. The predicted octanol–water partition coefficient (Wildman–Crippen LogP) is 5.46. The van der Waals surface area contributed by atoms with Gasteiger partial charge in [-0.2, -0.15) is 0 Å². The lowest BCUT2D eigenvalue weighted by atomic mass is 10.1. The first-order chi connectivity index (χ1) is 13.8. The van der Waals surface area contributed by atoms with E-state index in [1.807, 2.05) is 6.92 Å². The van der Waals surface area contributed by atoms with Crippen LogP contribution in [0.4, 0.5) is 0 Å². The van der Waals surface area contributed by atoms with Crippen molar-refractivity contribution >= 4 is 37.6 Å². The Morgan fingerprint density at radius 1 is 0.897 bits per heavy atom. The van der Waals surface area contributed by atoms with Crippen molar-refractivity contribution in [3.63, 3.8) is 0 Å². The molecule has 0 radical (unpaired) electrons. The fourth-order valence-corrected chi connectivity index (χ4v) is 4.37. The Morgan fingerprint density at radius 3 is 2.03 bits per heavy atom. The fraction of sp³-hybridized carbons (Fsp3) is 0.0870. The molecule has 0 saturated heterocycles. The number of ketones is 1. The van der Waals surface area contributed by atoms with E-state index in [1.54, 1.807) is 67.8 Å². The van der Waals surface area contributed by atoms with E-state index in [9.17, 15) is 13.2 Å². The summed E-state index contributed by atoms with van der Waals surface area (Å²) in [5, 5.41) is 0. The minimum atomic E-state index is -4.02. The first-order valence-corrected chi connectivity index (χ1v) is 11.1. The van der Waals surface area contributed by atoms with Gasteiger partial charge in [0.05, 0.1) is 12.0 Å². The molecule has 0 N–H and O–H groups in total. The number of sulfone groups is 1. The number of Topliss-reactive ketones (excluding diaryl/α,β-unsaturated/α-hetero) is 1. The number of carbonyl (C=O) groups is 1. The lowest BCUT2D eigenvalue weighted by Gasteiger charge is -2.10. The van der Waals surface area contributed by atoms with Crippen molar-refractivity contribution in [2.24, 2.45) is 0 Å². The van der Waals surface area contributed by atoms with Crippen LogP contribution < -0.4 is 4.74 Å². The van der Waals surface area contributed by atoms with Gasteiger partial charge in [-0.15, -0.1) is 0 Å². The first kappa shape index (κ1) is 21.0. The normalized spacial score (nSPS) is 11.9. The zero-order valence-electron chi connectivity index (χ0n) is 15.9. The molecule has 6 heteroatoms. The van der Waals surface area contributed by atoms with Crippen molar-refractivity contribution in [2.45, 2.75) is 11.8 Å². The van der Waals surface area contributed by atoms with Crippen LogP contribution in [0.25, 0.3) is 6.08 Å². The van der Waals surface area contributed by atoms with Crippen LogP contribution in [0.15, 0.2) is 87.1 Å². The van der Waals surface area contributed by atoms with Gasteiger partial charge in [-0.3, -0.25) is 4.79 Å². The molecule has 0 aliphatic carbocycles. The van der Waals surface area contributed by atoms with E-state index >= 15 is 0 Å². The number of methoxy groups -OCH3 is 1. The molecule has 0 aliphatic rings. The zero-order valence-corrected chi connectivity index (χ0v) is 18.3. The second-order valence-electron chi connectivity index (χ2n) is 6.43. The number of ether oxygens (including phenoxy) is 1. The summed E-state index contributed by atoms with van der Waals surface area (Å²) in [5.41, 5.74) is 1.81. The molecule has 0 aromatic heterocycles. The third-order valence-corrected chi connectivity index (χ3v) is 6.67. The molecule has 0 saturated carbocycles. The third kappa shape index (κ3) is 4.83. The Bertz CT molecular complexity index is 1150. The van der Waals surface area contributed by atoms with E-state index in [0.717, 1.165) is 10.0 Å². The molecule has 0 amide bonds. The minimum absolute atomic E-state index is 0.0772. The Morgan fingerprint density at radius 2 is 1.48 bits per heavy atom. The fourth-order valence-electron chi connectivity index (χ4n) is 2.70. The van der Waals surface area contributed by atoms with Crippen molar-refractivity contribution in [1.29, 1.82) is 0 Å². The molecule has 3 aromatic carbocycles. The molecule has 4 nitrogen and oxygen atoms in total. The van der Waals surface area contributed by atoms with Crippen LogP contribution in [0.5, 0.6) is 5.75 Å². The Hall–Kier alpha value is -2.70. The molecular weight excluding hydrogens is 452 g/mol. The molecule has 0 fully saturated rings. The highest BCUT2D eigenvalue weighted by atomic mass is 79.9. The lowest BCUT2D eigenvalue weighted by Crippen LogP contribution is -2.14. The minimum Gasteiger partial charge on any atom is -0.497 e. The summed E-state index contributed by atoms with van der Waals surface area (Å²) < 4.78 is 32.6. The van der Waals surface area contributed by atoms with Crippen molar-refractivity contribution in [1.82, 2.24) is 0 Å². The quantitative estimate of drug-likeness (QED) is 0.354. The summed E-state index contributed by atoms with van der Waals surface area (Å²) in [7, 11) is -2.47. The second-order valence-corrected chi connectivity index (χ2v) is 9.27. The van der Waals surface area contributed by atoms with E-state index in [-0.39, 0.29) is 9.80 Å². The van der Waals surface area contributed by atoms with Gasteiger partial charge in [0, 0.05) is 10.0 Å². The highest BCUT2D eigenvalue weighted by Crippen LogP contribution is 2.26. The van der Waals surface area contributed by atoms with Gasteiger partial charge >= 0.3 is 0 Å². The first-order valence-electron chi connectivity index (χ1n) is 8.79. The van der Waals surface area contributed by atoms with E-state index in [1.165, 1.54) is 18.2 Å². The molecule has 29 heavy (non-hydrogen) atoms. The van der Waals surface area contributed by atoms with Crippen LogP contribution in [0.1, 0.15) is 21.5 Å². The van der Waals surface area contributed by atoms with Crippen LogP contribution in [0.3, 0.4) is 0 Å². The highest BCUT2D eigenvalue weighted by molar-refractivity contribution is 9.10. The lowest BCUT2D eigenvalue weighted by molar-refractivity contribution is 0.104. The maximum absolute atomic E-state index is 13.3. The zero-order chi connectivity index (χ0) is 21.0. The van der Waals surface area contributed by atoms with Crippen molar-refractivity contribution in [2.75, 3.05) is 7.11 Å². The van der Waals surface area contributed by atoms with Gasteiger partial charge in [-0.05, 0) is 67.1 Å². The average Bonchev–Trinajstić information content (AvgIpc) is 2.72. The van der Waals surface area contributed by atoms with Crippen LogP contribution in [0.2, 0.25) is 0 Å². The SMILES string of the molecule is COc1ccc(/C=C(\C(=O)c2ccc(Br)cc2)S(=O)(=O)c2ccc(C)cc2)cc1. The molecule has 3 aromatic rings. The summed E-state index contributed by atoms with van der Waals surface area (Å²) in [4.78, 5) is 13.0. The average molecular weight is 471 g/mol. The predicted molar refractivity (Wildman–Crippen MR) is 118 cm³/mol. The van der Waals surface area contributed by atoms with E-state index in [4.69, 9.17) is 4.74 Å². The maximum Gasteiger partial charge on any atom is 0.210 e. The summed E-state index contributed by atoms with van der Waals surface area (Å²) >= 11 is 3.33. The Balaban J connectivity index is 2.14. The third-order valence-electron chi connectivity index (χ3n) is 4.36. The van der Waals surface area contributed by atoms with Gasteiger partial charge in [0.2, 0.25) is 15.6 Å². The van der Waals surface area contributed by atoms with Crippen LogP contribution in [0, 0.1) is 6.92 Å². The Kier molecular flexibility index (Phi) is 6.35. The number of allylic oxidation sites excluding steroid dienone is 1. The molecular formula is C23H19BrO4S. The molecule has 0 bridgehead atoms. The van der Waals surface area contributed by atoms with Crippen molar-refractivity contribution < 1.29 is 17.9 Å². The number of benzene rings is 3.